The molecule has 1 amide bonds. The highest BCUT2D eigenvalue weighted by Crippen LogP contribution is 2.36. The molecule has 0 saturated carbocycles. The Morgan fingerprint density at radius 1 is 1.37 bits per heavy atom. The van der Waals surface area contributed by atoms with Gasteiger partial charge in [0.25, 0.3) is 0 Å². The van der Waals surface area contributed by atoms with Crippen LogP contribution >= 0.6 is 11.6 Å². The lowest BCUT2D eigenvalue weighted by Gasteiger charge is -2.21. The molecule has 1 heterocycles. The second-order valence-corrected chi connectivity index (χ2v) is 5.82. The number of unbranched alkanes of at least 4 members (excludes halogenated alkanes) is 1. The van der Waals surface area contributed by atoms with E-state index in [0.717, 1.165) is 23.2 Å². The fraction of sp³-hybridized carbons (Fsp3) is 0.562. The highest BCUT2D eigenvalue weighted by Gasteiger charge is 2.23. The van der Waals surface area contributed by atoms with E-state index in [4.69, 9.17) is 11.6 Å². The number of hydrogen-bond donors (Lipinski definition) is 1. The van der Waals surface area contributed by atoms with Crippen molar-refractivity contribution in [1.82, 2.24) is 0 Å². The number of rotatable bonds is 6. The monoisotopic (exact) mass is 279 g/mol. The van der Waals surface area contributed by atoms with Crippen LogP contribution in [0.25, 0.3) is 0 Å². The maximum absolute atomic E-state index is 11.4. The second-order valence-electron chi connectivity index (χ2n) is 5.35. The Balaban J connectivity index is 2.12. The van der Waals surface area contributed by atoms with Crippen LogP contribution in [0.15, 0.2) is 18.2 Å². The second kappa shape index (κ2) is 6.42. The molecule has 1 N–H and O–H groups in total. The highest BCUT2D eigenvalue weighted by molar-refractivity contribution is 6.21. The molecule has 1 aromatic carbocycles. The van der Waals surface area contributed by atoms with Gasteiger partial charge in [0.15, 0.2) is 0 Å². The van der Waals surface area contributed by atoms with Crippen molar-refractivity contribution >= 4 is 23.2 Å². The first-order valence-electron chi connectivity index (χ1n) is 7.22. The number of halogens is 1. The molecule has 0 saturated heterocycles. The van der Waals surface area contributed by atoms with Crippen LogP contribution < -0.4 is 5.32 Å². The van der Waals surface area contributed by atoms with Gasteiger partial charge in [0.2, 0.25) is 5.91 Å². The van der Waals surface area contributed by atoms with Crippen molar-refractivity contribution in [2.45, 2.75) is 51.3 Å². The number of carbonyl (C=O) groups is 1. The molecular formula is C16H22ClNO. The molecule has 2 atom stereocenters. The number of anilines is 1. The van der Waals surface area contributed by atoms with Crippen molar-refractivity contribution in [2.75, 3.05) is 5.32 Å². The Morgan fingerprint density at radius 3 is 2.84 bits per heavy atom. The Kier molecular flexibility index (Phi) is 4.87. The molecular weight excluding hydrogens is 258 g/mol. The average Bonchev–Trinajstić information content (AvgIpc) is 2.78. The van der Waals surface area contributed by atoms with Gasteiger partial charge in [-0.25, -0.2) is 0 Å². The van der Waals surface area contributed by atoms with Gasteiger partial charge in [0, 0.05) is 5.69 Å². The van der Waals surface area contributed by atoms with Gasteiger partial charge >= 0.3 is 0 Å². The third-order valence-electron chi connectivity index (χ3n) is 3.94. The van der Waals surface area contributed by atoms with Gasteiger partial charge in [-0.3, -0.25) is 4.79 Å². The third-order valence-corrected chi connectivity index (χ3v) is 4.55. The van der Waals surface area contributed by atoms with Crippen molar-refractivity contribution in [1.29, 1.82) is 0 Å². The number of amides is 1. The van der Waals surface area contributed by atoms with E-state index in [1.807, 2.05) is 6.07 Å². The Morgan fingerprint density at radius 2 is 2.16 bits per heavy atom. The summed E-state index contributed by atoms with van der Waals surface area (Å²) in [6.07, 6.45) is 5.20. The predicted molar refractivity (Wildman–Crippen MR) is 80.7 cm³/mol. The number of hydrogen-bond acceptors (Lipinski definition) is 1. The minimum absolute atomic E-state index is 0.0533. The third kappa shape index (κ3) is 3.30. The zero-order chi connectivity index (χ0) is 13.8. The van der Waals surface area contributed by atoms with E-state index in [1.54, 1.807) is 0 Å². The van der Waals surface area contributed by atoms with Gasteiger partial charge in [0.1, 0.15) is 0 Å². The molecule has 0 radical (unpaired) electrons. The van der Waals surface area contributed by atoms with Crippen molar-refractivity contribution in [2.24, 2.45) is 5.92 Å². The molecule has 2 nitrogen and oxygen atoms in total. The van der Waals surface area contributed by atoms with Gasteiger partial charge in [-0.05, 0) is 29.5 Å². The Labute approximate surface area is 120 Å². The quantitative estimate of drug-likeness (QED) is 0.753. The molecule has 3 heteroatoms. The summed E-state index contributed by atoms with van der Waals surface area (Å²) < 4.78 is 0. The van der Waals surface area contributed by atoms with Crippen LogP contribution in [-0.4, -0.2) is 5.91 Å². The van der Waals surface area contributed by atoms with Crippen molar-refractivity contribution < 1.29 is 4.79 Å². The summed E-state index contributed by atoms with van der Waals surface area (Å²) >= 11 is 6.64. The maximum atomic E-state index is 11.4. The molecule has 104 valence electrons. The normalized spacial score (nSPS) is 16.9. The first-order chi connectivity index (χ1) is 9.15. The van der Waals surface area contributed by atoms with Crippen LogP contribution in [0.2, 0.25) is 0 Å². The minimum Gasteiger partial charge on any atom is -0.326 e. The van der Waals surface area contributed by atoms with Gasteiger partial charge in [-0.2, -0.15) is 0 Å². The van der Waals surface area contributed by atoms with E-state index in [2.05, 4.69) is 31.3 Å². The van der Waals surface area contributed by atoms with Crippen LogP contribution in [0.4, 0.5) is 5.69 Å². The predicted octanol–water partition coefficient (Wildman–Crippen LogP) is 4.68. The molecule has 0 fully saturated rings. The Hall–Kier alpha value is -1.02. The van der Waals surface area contributed by atoms with E-state index >= 15 is 0 Å². The van der Waals surface area contributed by atoms with Crippen molar-refractivity contribution in [3.8, 4) is 0 Å². The average molecular weight is 280 g/mol. The number of carbonyl (C=O) groups excluding carboxylic acids is 1. The van der Waals surface area contributed by atoms with Gasteiger partial charge < -0.3 is 5.32 Å². The molecule has 1 aromatic rings. The molecule has 1 aliphatic rings. The minimum atomic E-state index is 0.0533. The summed E-state index contributed by atoms with van der Waals surface area (Å²) in [7, 11) is 0. The van der Waals surface area contributed by atoms with Crippen LogP contribution in [0.3, 0.4) is 0 Å². The van der Waals surface area contributed by atoms with Crippen molar-refractivity contribution in [3.63, 3.8) is 0 Å². The van der Waals surface area contributed by atoms with E-state index in [1.165, 1.54) is 19.3 Å². The number of nitrogens with one attached hydrogen (secondary N) is 1. The van der Waals surface area contributed by atoms with Gasteiger partial charge in [0.05, 0.1) is 11.8 Å². The van der Waals surface area contributed by atoms with Crippen molar-refractivity contribution in [3.05, 3.63) is 29.3 Å². The standard InChI is InChI=1S/C16H22ClNO/c1-3-5-6-11(4-2)16(17)12-7-8-14-13(9-12)10-15(19)18-14/h7-9,11,16H,3-6,10H2,1-2H3,(H,18,19). The Bertz CT molecular complexity index is 458. The molecule has 1 aliphatic heterocycles. The topological polar surface area (TPSA) is 29.1 Å². The summed E-state index contributed by atoms with van der Waals surface area (Å²) in [6.45, 7) is 4.41. The molecule has 2 rings (SSSR count). The zero-order valence-corrected chi connectivity index (χ0v) is 12.5. The molecule has 0 bridgehead atoms. The molecule has 0 spiro atoms. The lowest BCUT2D eigenvalue weighted by Crippen LogP contribution is -2.07. The number of fused-ring (bicyclic) bond motifs is 1. The fourth-order valence-electron chi connectivity index (χ4n) is 2.72. The lowest BCUT2D eigenvalue weighted by molar-refractivity contribution is -0.115. The first kappa shape index (κ1) is 14.4. The summed E-state index contributed by atoms with van der Waals surface area (Å²) in [5.41, 5.74) is 3.18. The van der Waals surface area contributed by atoms with Crippen LogP contribution in [-0.2, 0) is 11.2 Å². The van der Waals surface area contributed by atoms with Crippen LogP contribution in [0, 0.1) is 5.92 Å². The van der Waals surface area contributed by atoms with Crippen LogP contribution in [0.1, 0.15) is 56.0 Å². The highest BCUT2D eigenvalue weighted by atomic mass is 35.5. The SMILES string of the molecule is CCCCC(CC)C(Cl)c1ccc2c(c1)CC(=O)N2. The number of alkyl halides is 1. The largest absolute Gasteiger partial charge is 0.326 e. The van der Waals surface area contributed by atoms with Gasteiger partial charge in [-0.15, -0.1) is 11.6 Å². The van der Waals surface area contributed by atoms with E-state index in [9.17, 15) is 4.79 Å². The molecule has 2 unspecified atom stereocenters. The fourth-order valence-corrected chi connectivity index (χ4v) is 3.16. The summed E-state index contributed by atoms with van der Waals surface area (Å²) in [6, 6.07) is 6.13. The van der Waals surface area contributed by atoms with Crippen LogP contribution in [0.5, 0.6) is 0 Å². The maximum Gasteiger partial charge on any atom is 0.228 e. The summed E-state index contributed by atoms with van der Waals surface area (Å²) in [5.74, 6) is 0.598. The summed E-state index contributed by atoms with van der Waals surface area (Å²) in [5, 5.41) is 2.91. The lowest BCUT2D eigenvalue weighted by atomic mass is 9.90. The smallest absolute Gasteiger partial charge is 0.228 e. The zero-order valence-electron chi connectivity index (χ0n) is 11.7. The van der Waals surface area contributed by atoms with E-state index < -0.39 is 0 Å². The van der Waals surface area contributed by atoms with Gasteiger partial charge in [-0.1, -0.05) is 45.2 Å². The molecule has 19 heavy (non-hydrogen) atoms. The molecule has 0 aromatic heterocycles. The number of benzene rings is 1. The molecule has 0 aliphatic carbocycles. The van der Waals surface area contributed by atoms with E-state index in [0.29, 0.717) is 12.3 Å². The summed E-state index contributed by atoms with van der Waals surface area (Å²) in [4.78, 5) is 11.4. The first-order valence-corrected chi connectivity index (χ1v) is 7.66. The van der Waals surface area contributed by atoms with E-state index in [-0.39, 0.29) is 11.3 Å².